The number of H-pyrrole nitrogens is 1. The molecule has 0 atom stereocenters. The number of rotatable bonds is 4. The van der Waals surface area contributed by atoms with Gasteiger partial charge >= 0.3 is 0 Å². The molecule has 0 aliphatic heterocycles. The van der Waals surface area contributed by atoms with Crippen LogP contribution in [0.25, 0.3) is 11.0 Å². The van der Waals surface area contributed by atoms with Crippen LogP contribution in [0.1, 0.15) is 11.4 Å². The molecule has 3 aromatic rings. The lowest BCUT2D eigenvalue weighted by Gasteiger charge is -1.91. The predicted octanol–water partition coefficient (Wildman–Crippen LogP) is 2.92. The number of nitrogens with one attached hydrogen (secondary N) is 1. The maximum Gasteiger partial charge on any atom is 0.269 e. The normalized spacial score (nSPS) is 11.6. The standard InChI is InChI=1S/C15H11N5O2/c21-20(22)12-7-5-11(6-8-12)9-16-17-10-15-18-13-3-1-2-4-14(13)19-15/h1-10H,(H,18,19)/b16-9-,17-10+. The molecule has 7 nitrogen and oxygen atoms in total. The number of non-ortho nitro benzene ring substituents is 1. The molecule has 0 saturated heterocycles. The van der Waals surface area contributed by atoms with Crippen LogP contribution < -0.4 is 0 Å². The average Bonchev–Trinajstić information content (AvgIpc) is 2.95. The fraction of sp³-hybridized carbons (Fsp3) is 0. The smallest absolute Gasteiger partial charge is 0.269 e. The molecule has 3 rings (SSSR count). The van der Waals surface area contributed by atoms with Crippen LogP contribution in [-0.2, 0) is 0 Å². The van der Waals surface area contributed by atoms with Crippen molar-refractivity contribution >= 4 is 29.1 Å². The highest BCUT2D eigenvalue weighted by Crippen LogP contribution is 2.11. The summed E-state index contributed by atoms with van der Waals surface area (Å²) < 4.78 is 0. The second-order valence-corrected chi connectivity index (χ2v) is 4.48. The molecule has 108 valence electrons. The van der Waals surface area contributed by atoms with Gasteiger partial charge in [-0.15, -0.1) is 0 Å². The Hall–Kier alpha value is -3.35. The van der Waals surface area contributed by atoms with Gasteiger partial charge < -0.3 is 4.98 Å². The van der Waals surface area contributed by atoms with Crippen molar-refractivity contribution in [3.8, 4) is 0 Å². The Kier molecular flexibility index (Phi) is 3.69. The maximum atomic E-state index is 10.5. The molecule has 0 aliphatic carbocycles. The van der Waals surface area contributed by atoms with Crippen LogP contribution >= 0.6 is 0 Å². The monoisotopic (exact) mass is 293 g/mol. The fourth-order valence-electron chi connectivity index (χ4n) is 1.90. The van der Waals surface area contributed by atoms with E-state index in [-0.39, 0.29) is 5.69 Å². The third-order valence-corrected chi connectivity index (χ3v) is 2.97. The fourth-order valence-corrected chi connectivity index (χ4v) is 1.90. The summed E-state index contributed by atoms with van der Waals surface area (Å²) in [5.74, 6) is 0.613. The second kappa shape index (κ2) is 5.96. The quantitative estimate of drug-likeness (QED) is 0.455. The number of aromatic nitrogens is 2. The van der Waals surface area contributed by atoms with Gasteiger partial charge in [0.2, 0.25) is 0 Å². The van der Waals surface area contributed by atoms with E-state index in [2.05, 4.69) is 20.2 Å². The molecule has 0 saturated carbocycles. The first kappa shape index (κ1) is 13.6. The van der Waals surface area contributed by atoms with Crippen LogP contribution in [0.5, 0.6) is 0 Å². The van der Waals surface area contributed by atoms with Crippen molar-refractivity contribution in [2.75, 3.05) is 0 Å². The number of imidazole rings is 1. The van der Waals surface area contributed by atoms with E-state index in [1.165, 1.54) is 24.6 Å². The molecule has 1 heterocycles. The van der Waals surface area contributed by atoms with Gasteiger partial charge in [0, 0.05) is 12.1 Å². The minimum absolute atomic E-state index is 0.0444. The first-order valence-electron chi connectivity index (χ1n) is 6.48. The summed E-state index contributed by atoms with van der Waals surface area (Å²) in [7, 11) is 0. The first-order valence-corrected chi connectivity index (χ1v) is 6.48. The molecular formula is C15H11N5O2. The van der Waals surface area contributed by atoms with Gasteiger partial charge in [-0.3, -0.25) is 10.1 Å². The number of nitro benzene ring substituents is 1. The summed E-state index contributed by atoms with van der Waals surface area (Å²) in [4.78, 5) is 17.5. The van der Waals surface area contributed by atoms with Crippen LogP contribution in [-0.4, -0.2) is 27.3 Å². The van der Waals surface area contributed by atoms with Gasteiger partial charge in [0.1, 0.15) is 0 Å². The molecular weight excluding hydrogens is 282 g/mol. The Balaban J connectivity index is 1.69. The van der Waals surface area contributed by atoms with Crippen LogP contribution in [0.3, 0.4) is 0 Å². The highest BCUT2D eigenvalue weighted by Gasteiger charge is 2.02. The molecule has 0 bridgehead atoms. The molecule has 0 aliphatic rings. The van der Waals surface area contributed by atoms with Gasteiger partial charge in [-0.1, -0.05) is 12.1 Å². The number of para-hydroxylation sites is 2. The summed E-state index contributed by atoms with van der Waals surface area (Å²) in [6.45, 7) is 0. The molecule has 22 heavy (non-hydrogen) atoms. The molecule has 0 spiro atoms. The SMILES string of the molecule is O=[N+]([O-])c1ccc(/C=N\N=C\c2nc3ccccc3[nH]2)cc1. The highest BCUT2D eigenvalue weighted by molar-refractivity contribution is 5.85. The van der Waals surface area contributed by atoms with Crippen LogP contribution in [0, 0.1) is 10.1 Å². The van der Waals surface area contributed by atoms with Gasteiger partial charge in [0.15, 0.2) is 5.82 Å². The van der Waals surface area contributed by atoms with Gasteiger partial charge in [-0.25, -0.2) is 4.98 Å². The van der Waals surface area contributed by atoms with Gasteiger partial charge in [0.25, 0.3) is 5.69 Å². The lowest BCUT2D eigenvalue weighted by molar-refractivity contribution is -0.384. The zero-order valence-electron chi connectivity index (χ0n) is 11.4. The van der Waals surface area contributed by atoms with E-state index in [1.807, 2.05) is 24.3 Å². The van der Waals surface area contributed by atoms with E-state index in [9.17, 15) is 10.1 Å². The second-order valence-electron chi connectivity index (χ2n) is 4.48. The third kappa shape index (κ3) is 3.04. The van der Waals surface area contributed by atoms with Crippen molar-refractivity contribution in [1.82, 2.24) is 9.97 Å². The zero-order valence-corrected chi connectivity index (χ0v) is 11.4. The van der Waals surface area contributed by atoms with Gasteiger partial charge in [0.05, 0.1) is 28.4 Å². The zero-order chi connectivity index (χ0) is 15.4. The van der Waals surface area contributed by atoms with E-state index in [0.29, 0.717) is 5.82 Å². The lowest BCUT2D eigenvalue weighted by Crippen LogP contribution is -1.88. The number of fused-ring (bicyclic) bond motifs is 1. The number of hydrogen-bond acceptors (Lipinski definition) is 5. The molecule has 7 heteroatoms. The van der Waals surface area contributed by atoms with Crippen molar-refractivity contribution in [1.29, 1.82) is 0 Å². The van der Waals surface area contributed by atoms with E-state index in [1.54, 1.807) is 12.1 Å². The summed E-state index contributed by atoms with van der Waals surface area (Å²) in [5, 5.41) is 18.3. The summed E-state index contributed by atoms with van der Waals surface area (Å²) in [5.41, 5.74) is 2.57. The van der Waals surface area contributed by atoms with E-state index >= 15 is 0 Å². The topological polar surface area (TPSA) is 96.5 Å². The molecule has 0 amide bonds. The van der Waals surface area contributed by atoms with Gasteiger partial charge in [-0.05, 0) is 29.8 Å². The van der Waals surface area contributed by atoms with Crippen LogP contribution in [0.15, 0.2) is 58.7 Å². The van der Waals surface area contributed by atoms with E-state index < -0.39 is 4.92 Å². The maximum absolute atomic E-state index is 10.5. The van der Waals surface area contributed by atoms with Crippen molar-refractivity contribution in [3.05, 3.63) is 70.0 Å². The molecule has 0 fully saturated rings. The number of nitro groups is 1. The predicted molar refractivity (Wildman–Crippen MR) is 84.4 cm³/mol. The Labute approximate surface area is 125 Å². The molecule has 0 radical (unpaired) electrons. The minimum Gasteiger partial charge on any atom is -0.337 e. The molecule has 0 unspecified atom stereocenters. The molecule has 1 N–H and O–H groups in total. The molecule has 2 aromatic carbocycles. The summed E-state index contributed by atoms with van der Waals surface area (Å²) in [6.07, 6.45) is 3.03. The highest BCUT2D eigenvalue weighted by atomic mass is 16.6. The number of nitrogens with zero attached hydrogens (tertiary/aromatic N) is 4. The first-order chi connectivity index (χ1) is 10.7. The Morgan fingerprint density at radius 2 is 1.77 bits per heavy atom. The Morgan fingerprint density at radius 1 is 1.05 bits per heavy atom. The third-order valence-electron chi connectivity index (χ3n) is 2.97. The number of hydrogen-bond donors (Lipinski definition) is 1. The average molecular weight is 293 g/mol. The van der Waals surface area contributed by atoms with E-state index in [0.717, 1.165) is 16.6 Å². The van der Waals surface area contributed by atoms with Crippen LogP contribution in [0.2, 0.25) is 0 Å². The van der Waals surface area contributed by atoms with E-state index in [4.69, 9.17) is 0 Å². The molecule has 1 aromatic heterocycles. The number of benzene rings is 2. The summed E-state index contributed by atoms with van der Waals surface area (Å²) >= 11 is 0. The lowest BCUT2D eigenvalue weighted by atomic mass is 10.2. The van der Waals surface area contributed by atoms with Crippen molar-refractivity contribution in [2.45, 2.75) is 0 Å². The Morgan fingerprint density at radius 3 is 2.50 bits per heavy atom. The van der Waals surface area contributed by atoms with Crippen molar-refractivity contribution in [3.63, 3.8) is 0 Å². The van der Waals surface area contributed by atoms with Crippen molar-refractivity contribution < 1.29 is 4.92 Å². The number of aromatic amines is 1. The van der Waals surface area contributed by atoms with Crippen molar-refractivity contribution in [2.24, 2.45) is 10.2 Å². The Bertz CT molecular complexity index is 832. The summed E-state index contributed by atoms with van der Waals surface area (Å²) in [6, 6.07) is 13.7. The van der Waals surface area contributed by atoms with Gasteiger partial charge in [-0.2, -0.15) is 10.2 Å². The largest absolute Gasteiger partial charge is 0.337 e. The minimum atomic E-state index is -0.444. The van der Waals surface area contributed by atoms with Crippen LogP contribution in [0.4, 0.5) is 5.69 Å².